The van der Waals surface area contributed by atoms with Gasteiger partial charge in [0.1, 0.15) is 0 Å². The van der Waals surface area contributed by atoms with E-state index in [1.165, 1.54) is 0 Å². The van der Waals surface area contributed by atoms with Crippen LogP contribution in [-0.2, 0) is 4.79 Å². The maximum Gasteiger partial charge on any atom is 0.238 e. The van der Waals surface area contributed by atoms with Crippen molar-refractivity contribution in [3.05, 3.63) is 29.8 Å². The van der Waals surface area contributed by atoms with Crippen LogP contribution in [0.4, 0.5) is 5.69 Å². The van der Waals surface area contributed by atoms with E-state index in [0.29, 0.717) is 18.4 Å². The highest BCUT2D eigenvalue weighted by molar-refractivity contribution is 5.92. The number of nitrogens with one attached hydrogen (secondary N) is 1. The topological polar surface area (TPSA) is 52.6 Å². The summed E-state index contributed by atoms with van der Waals surface area (Å²) in [5.41, 5.74) is 1.96. The van der Waals surface area contributed by atoms with Crippen LogP contribution in [0.15, 0.2) is 24.3 Å². The molecule has 1 aliphatic heterocycles. The van der Waals surface area contributed by atoms with E-state index in [1.807, 2.05) is 31.2 Å². The van der Waals surface area contributed by atoms with E-state index < -0.39 is 0 Å². The summed E-state index contributed by atoms with van der Waals surface area (Å²) in [6.07, 6.45) is 1.87. The summed E-state index contributed by atoms with van der Waals surface area (Å²) in [5, 5.41) is 12.9. The zero-order chi connectivity index (χ0) is 14.1. The number of likely N-dealkylation sites (tertiary alicyclic amines) is 1. The van der Waals surface area contributed by atoms with Gasteiger partial charge in [-0.15, -0.1) is 0 Å². The second-order valence-corrected chi connectivity index (χ2v) is 6.13. The maximum atomic E-state index is 12.1. The molecule has 1 saturated carbocycles. The van der Waals surface area contributed by atoms with Gasteiger partial charge in [-0.05, 0) is 37.3 Å². The Bertz CT molecular complexity index is 503. The predicted octanol–water partition coefficient (Wildman–Crippen LogP) is 1.64. The summed E-state index contributed by atoms with van der Waals surface area (Å²) in [7, 11) is 0. The van der Waals surface area contributed by atoms with Gasteiger partial charge in [0.25, 0.3) is 0 Å². The molecule has 4 nitrogen and oxygen atoms in total. The number of aliphatic hydroxyl groups excluding tert-OH is 1. The molecule has 3 rings (SSSR count). The molecule has 2 N–H and O–H groups in total. The van der Waals surface area contributed by atoms with Crippen LogP contribution in [0.25, 0.3) is 0 Å². The van der Waals surface area contributed by atoms with Gasteiger partial charge in [0, 0.05) is 24.7 Å². The molecule has 3 atom stereocenters. The Morgan fingerprint density at radius 1 is 1.35 bits per heavy atom. The number of rotatable bonds is 3. The van der Waals surface area contributed by atoms with Crippen molar-refractivity contribution in [1.29, 1.82) is 0 Å². The van der Waals surface area contributed by atoms with Crippen molar-refractivity contribution in [2.24, 2.45) is 11.8 Å². The largest absolute Gasteiger partial charge is 0.393 e. The van der Waals surface area contributed by atoms with Crippen LogP contribution in [-0.4, -0.2) is 41.7 Å². The van der Waals surface area contributed by atoms with Crippen molar-refractivity contribution >= 4 is 11.6 Å². The number of carbonyl (C=O) groups excluding carboxylic acids is 1. The lowest BCUT2D eigenvalue weighted by Gasteiger charge is -2.18. The number of aryl methyl sites for hydroxylation is 1. The van der Waals surface area contributed by atoms with Gasteiger partial charge in [-0.2, -0.15) is 0 Å². The van der Waals surface area contributed by atoms with Crippen LogP contribution in [0.5, 0.6) is 0 Å². The first-order valence-corrected chi connectivity index (χ1v) is 7.39. The summed E-state index contributed by atoms with van der Waals surface area (Å²) in [6.45, 7) is 4.22. The molecule has 0 aromatic heterocycles. The minimum atomic E-state index is -0.163. The fraction of sp³-hybridized carbons (Fsp3) is 0.562. The second kappa shape index (κ2) is 5.54. The number of amides is 1. The lowest BCUT2D eigenvalue weighted by atomic mass is 10.00. The molecule has 0 spiro atoms. The Morgan fingerprint density at radius 3 is 2.90 bits per heavy atom. The van der Waals surface area contributed by atoms with E-state index in [9.17, 15) is 9.90 Å². The van der Waals surface area contributed by atoms with Gasteiger partial charge in [-0.1, -0.05) is 18.2 Å². The van der Waals surface area contributed by atoms with Gasteiger partial charge >= 0.3 is 0 Å². The molecule has 1 amide bonds. The summed E-state index contributed by atoms with van der Waals surface area (Å²) < 4.78 is 0. The van der Waals surface area contributed by atoms with Crippen LogP contribution in [0.1, 0.15) is 18.4 Å². The van der Waals surface area contributed by atoms with E-state index >= 15 is 0 Å². The van der Waals surface area contributed by atoms with Crippen LogP contribution in [0.3, 0.4) is 0 Å². The van der Waals surface area contributed by atoms with Crippen molar-refractivity contribution in [1.82, 2.24) is 4.90 Å². The van der Waals surface area contributed by atoms with Crippen LogP contribution >= 0.6 is 0 Å². The molecule has 2 fully saturated rings. The zero-order valence-corrected chi connectivity index (χ0v) is 11.9. The van der Waals surface area contributed by atoms with Crippen molar-refractivity contribution in [2.45, 2.75) is 25.9 Å². The van der Waals surface area contributed by atoms with Crippen LogP contribution in [0, 0.1) is 18.8 Å². The molecular weight excluding hydrogens is 252 g/mol. The Morgan fingerprint density at radius 2 is 2.15 bits per heavy atom. The fourth-order valence-corrected chi connectivity index (χ4v) is 3.56. The number of para-hydroxylation sites is 1. The number of hydrogen-bond acceptors (Lipinski definition) is 3. The SMILES string of the molecule is Cc1ccccc1NC(=O)CN1CC2CCC(O)C2C1. The number of carbonyl (C=O) groups is 1. The summed E-state index contributed by atoms with van der Waals surface area (Å²) in [5.74, 6) is 0.992. The van der Waals surface area contributed by atoms with Crippen LogP contribution in [0.2, 0.25) is 0 Å². The van der Waals surface area contributed by atoms with Gasteiger partial charge in [-0.25, -0.2) is 0 Å². The molecule has 1 heterocycles. The molecule has 20 heavy (non-hydrogen) atoms. The number of aliphatic hydroxyl groups is 1. The molecule has 1 aromatic carbocycles. The maximum absolute atomic E-state index is 12.1. The molecule has 1 aliphatic carbocycles. The molecule has 108 valence electrons. The van der Waals surface area contributed by atoms with Gasteiger partial charge in [0.2, 0.25) is 5.91 Å². The molecule has 0 radical (unpaired) electrons. The lowest BCUT2D eigenvalue weighted by Crippen LogP contribution is -2.33. The highest BCUT2D eigenvalue weighted by Crippen LogP contribution is 2.37. The Kier molecular flexibility index (Phi) is 3.76. The Labute approximate surface area is 119 Å². The van der Waals surface area contributed by atoms with Gasteiger partial charge in [0.05, 0.1) is 12.6 Å². The summed E-state index contributed by atoms with van der Waals surface area (Å²) in [4.78, 5) is 14.3. The van der Waals surface area contributed by atoms with E-state index in [2.05, 4.69) is 10.2 Å². The van der Waals surface area contributed by atoms with E-state index in [-0.39, 0.29) is 12.0 Å². The summed E-state index contributed by atoms with van der Waals surface area (Å²) in [6, 6.07) is 7.81. The Hall–Kier alpha value is -1.39. The zero-order valence-electron chi connectivity index (χ0n) is 11.9. The van der Waals surface area contributed by atoms with Gasteiger partial charge in [0.15, 0.2) is 0 Å². The monoisotopic (exact) mass is 274 g/mol. The molecule has 2 aliphatic rings. The van der Waals surface area contributed by atoms with Crippen LogP contribution < -0.4 is 5.32 Å². The first-order valence-electron chi connectivity index (χ1n) is 7.39. The molecule has 1 aromatic rings. The predicted molar refractivity (Wildman–Crippen MR) is 78.5 cm³/mol. The summed E-state index contributed by atoms with van der Waals surface area (Å²) >= 11 is 0. The minimum Gasteiger partial charge on any atom is -0.393 e. The fourth-order valence-electron chi connectivity index (χ4n) is 3.56. The average molecular weight is 274 g/mol. The quantitative estimate of drug-likeness (QED) is 0.881. The number of anilines is 1. The van der Waals surface area contributed by atoms with Gasteiger partial charge in [-0.3, -0.25) is 9.69 Å². The third-order valence-electron chi connectivity index (χ3n) is 4.68. The number of nitrogens with zero attached hydrogens (tertiary/aromatic N) is 1. The van der Waals surface area contributed by atoms with Crippen molar-refractivity contribution < 1.29 is 9.90 Å². The molecule has 3 unspecified atom stereocenters. The van der Waals surface area contributed by atoms with E-state index in [1.54, 1.807) is 0 Å². The lowest BCUT2D eigenvalue weighted by molar-refractivity contribution is -0.117. The Balaban J connectivity index is 1.54. The van der Waals surface area contributed by atoms with Crippen molar-refractivity contribution in [3.8, 4) is 0 Å². The standard InChI is InChI=1S/C16H22N2O2/c1-11-4-2-3-5-14(11)17-16(20)10-18-8-12-6-7-15(19)13(12)9-18/h2-5,12-13,15,19H,6-10H2,1H3,(H,17,20). The molecule has 4 heteroatoms. The van der Waals surface area contributed by atoms with Crippen molar-refractivity contribution in [3.63, 3.8) is 0 Å². The minimum absolute atomic E-state index is 0.0359. The number of benzene rings is 1. The first kappa shape index (κ1) is 13.6. The number of hydrogen-bond donors (Lipinski definition) is 2. The highest BCUT2D eigenvalue weighted by Gasteiger charge is 2.41. The molecule has 1 saturated heterocycles. The third kappa shape index (κ3) is 2.72. The third-order valence-corrected chi connectivity index (χ3v) is 4.68. The smallest absolute Gasteiger partial charge is 0.238 e. The molecule has 0 bridgehead atoms. The number of fused-ring (bicyclic) bond motifs is 1. The normalized spacial score (nSPS) is 29.4. The van der Waals surface area contributed by atoms with E-state index in [0.717, 1.165) is 37.2 Å². The van der Waals surface area contributed by atoms with E-state index in [4.69, 9.17) is 0 Å². The first-order chi connectivity index (χ1) is 9.63. The molecular formula is C16H22N2O2. The van der Waals surface area contributed by atoms with Crippen molar-refractivity contribution in [2.75, 3.05) is 25.0 Å². The highest BCUT2D eigenvalue weighted by atomic mass is 16.3. The van der Waals surface area contributed by atoms with Gasteiger partial charge < -0.3 is 10.4 Å². The average Bonchev–Trinajstić information content (AvgIpc) is 2.95. The second-order valence-electron chi connectivity index (χ2n) is 6.13.